The normalized spacial score (nSPS) is 10.8. The quantitative estimate of drug-likeness (QED) is 0.637. The lowest BCUT2D eigenvalue weighted by Gasteiger charge is -2.17. The van der Waals surface area contributed by atoms with Crippen molar-refractivity contribution in [3.05, 3.63) is 76.9 Å². The average molecular weight is 339 g/mol. The van der Waals surface area contributed by atoms with Gasteiger partial charge >= 0.3 is 0 Å². The zero-order valence-corrected chi connectivity index (χ0v) is 14.3. The van der Waals surface area contributed by atoms with Crippen LogP contribution in [-0.4, -0.2) is 29.4 Å². The number of pyridine rings is 1. The van der Waals surface area contributed by atoms with Gasteiger partial charge in [-0.15, -0.1) is 0 Å². The molecule has 0 bridgehead atoms. The van der Waals surface area contributed by atoms with Gasteiger partial charge in [-0.1, -0.05) is 41.9 Å². The highest BCUT2D eigenvalue weighted by Crippen LogP contribution is 2.18. The molecule has 0 aliphatic heterocycles. The molecule has 0 aliphatic rings. The number of aromatic nitrogens is 1. The number of aryl methyl sites for hydroxylation is 1. The number of halogens is 1. The minimum atomic E-state index is 0.0277. The molecule has 1 aromatic heterocycles. The number of rotatable bonds is 5. The molecule has 2 aromatic carbocycles. The van der Waals surface area contributed by atoms with Crippen molar-refractivity contribution >= 4 is 28.4 Å². The van der Waals surface area contributed by atoms with E-state index in [1.165, 1.54) is 5.56 Å². The Morgan fingerprint density at radius 2 is 1.88 bits per heavy atom. The Morgan fingerprint density at radius 3 is 2.67 bits per heavy atom. The van der Waals surface area contributed by atoms with Gasteiger partial charge in [-0.25, -0.2) is 4.98 Å². The second kappa shape index (κ2) is 7.45. The molecule has 0 radical (unpaired) electrons. The molecule has 0 saturated heterocycles. The molecule has 1 amide bonds. The summed E-state index contributed by atoms with van der Waals surface area (Å²) in [4.78, 5) is 18.6. The fourth-order valence-electron chi connectivity index (χ4n) is 2.72. The molecule has 24 heavy (non-hydrogen) atoms. The molecule has 3 nitrogen and oxygen atoms in total. The summed E-state index contributed by atoms with van der Waals surface area (Å²) in [5.41, 5.74) is 2.77. The number of hydrogen-bond donors (Lipinski definition) is 0. The molecule has 3 aromatic rings. The molecule has 0 saturated carbocycles. The Bertz CT molecular complexity index is 849. The minimum absolute atomic E-state index is 0.0277. The van der Waals surface area contributed by atoms with E-state index in [0.717, 1.165) is 30.3 Å². The molecule has 0 spiro atoms. The van der Waals surface area contributed by atoms with Gasteiger partial charge in [0.25, 0.3) is 5.91 Å². The number of nitrogens with zero attached hydrogens (tertiary/aromatic N) is 2. The maximum atomic E-state index is 12.6. The number of fused-ring (bicyclic) bond motifs is 1. The summed E-state index contributed by atoms with van der Waals surface area (Å²) < 4.78 is 0. The van der Waals surface area contributed by atoms with Crippen molar-refractivity contribution in [1.82, 2.24) is 9.88 Å². The maximum Gasteiger partial charge on any atom is 0.253 e. The smallest absolute Gasteiger partial charge is 0.253 e. The van der Waals surface area contributed by atoms with E-state index < -0.39 is 0 Å². The summed E-state index contributed by atoms with van der Waals surface area (Å²) in [6, 6.07) is 19.5. The third-order valence-corrected chi connectivity index (χ3v) is 4.26. The van der Waals surface area contributed by atoms with Gasteiger partial charge in [-0.05, 0) is 48.7 Å². The number of carbonyl (C=O) groups is 1. The van der Waals surface area contributed by atoms with Crippen LogP contribution in [-0.2, 0) is 6.42 Å². The van der Waals surface area contributed by atoms with Gasteiger partial charge < -0.3 is 4.90 Å². The lowest BCUT2D eigenvalue weighted by molar-refractivity contribution is 0.0793. The Morgan fingerprint density at radius 1 is 1.08 bits per heavy atom. The Kier molecular flexibility index (Phi) is 5.11. The summed E-state index contributed by atoms with van der Waals surface area (Å²) in [6.45, 7) is 0.727. The van der Waals surface area contributed by atoms with Gasteiger partial charge in [0.05, 0.1) is 5.52 Å². The highest BCUT2D eigenvalue weighted by molar-refractivity contribution is 6.29. The minimum Gasteiger partial charge on any atom is -0.342 e. The molecular weight excluding hydrogens is 320 g/mol. The van der Waals surface area contributed by atoms with Crippen LogP contribution in [0.2, 0.25) is 5.15 Å². The highest BCUT2D eigenvalue weighted by Gasteiger charge is 2.12. The van der Waals surface area contributed by atoms with Crippen LogP contribution in [0.4, 0.5) is 0 Å². The van der Waals surface area contributed by atoms with Gasteiger partial charge in [-0.2, -0.15) is 0 Å². The van der Waals surface area contributed by atoms with E-state index >= 15 is 0 Å². The van der Waals surface area contributed by atoms with Crippen molar-refractivity contribution < 1.29 is 4.79 Å². The molecule has 1 heterocycles. The van der Waals surface area contributed by atoms with Crippen molar-refractivity contribution in [2.75, 3.05) is 13.6 Å². The largest absolute Gasteiger partial charge is 0.342 e. The van der Waals surface area contributed by atoms with Crippen molar-refractivity contribution in [3.63, 3.8) is 0 Å². The first kappa shape index (κ1) is 16.5. The lowest BCUT2D eigenvalue weighted by Crippen LogP contribution is -2.28. The van der Waals surface area contributed by atoms with E-state index in [1.807, 2.05) is 49.5 Å². The van der Waals surface area contributed by atoms with Crippen LogP contribution in [0, 0.1) is 0 Å². The van der Waals surface area contributed by atoms with E-state index in [9.17, 15) is 4.79 Å². The van der Waals surface area contributed by atoms with Crippen LogP contribution in [0.5, 0.6) is 0 Å². The fourth-order valence-corrected chi connectivity index (χ4v) is 2.87. The second-order valence-corrected chi connectivity index (χ2v) is 6.24. The standard InChI is InChI=1S/C20H19ClN2O/c1-23(13-5-8-15-6-3-2-4-7-15)20(24)17-9-11-18-16(14-17)10-12-19(21)22-18/h2-4,6-7,9-12,14H,5,8,13H2,1H3. The van der Waals surface area contributed by atoms with Crippen LogP contribution >= 0.6 is 11.6 Å². The summed E-state index contributed by atoms with van der Waals surface area (Å²) in [6.07, 6.45) is 1.91. The van der Waals surface area contributed by atoms with Gasteiger partial charge in [0.1, 0.15) is 5.15 Å². The van der Waals surface area contributed by atoms with Crippen molar-refractivity contribution in [1.29, 1.82) is 0 Å². The van der Waals surface area contributed by atoms with Crippen molar-refractivity contribution in [3.8, 4) is 0 Å². The first-order chi connectivity index (χ1) is 11.6. The Hall–Kier alpha value is -2.39. The molecule has 4 heteroatoms. The highest BCUT2D eigenvalue weighted by atomic mass is 35.5. The predicted molar refractivity (Wildman–Crippen MR) is 98.5 cm³/mol. The first-order valence-electron chi connectivity index (χ1n) is 7.99. The molecule has 3 rings (SSSR count). The first-order valence-corrected chi connectivity index (χ1v) is 8.37. The summed E-state index contributed by atoms with van der Waals surface area (Å²) in [5, 5.41) is 1.38. The molecule has 0 unspecified atom stereocenters. The number of amides is 1. The van der Waals surface area contributed by atoms with Gasteiger partial charge in [0, 0.05) is 24.5 Å². The van der Waals surface area contributed by atoms with E-state index in [4.69, 9.17) is 11.6 Å². The van der Waals surface area contributed by atoms with Gasteiger partial charge in [0.2, 0.25) is 0 Å². The Balaban J connectivity index is 1.63. The van der Waals surface area contributed by atoms with Gasteiger partial charge in [0.15, 0.2) is 0 Å². The number of hydrogen-bond acceptors (Lipinski definition) is 2. The van der Waals surface area contributed by atoms with Crippen LogP contribution in [0.3, 0.4) is 0 Å². The van der Waals surface area contributed by atoms with E-state index in [0.29, 0.717) is 10.7 Å². The van der Waals surface area contributed by atoms with Crippen LogP contribution in [0.15, 0.2) is 60.7 Å². The second-order valence-electron chi connectivity index (χ2n) is 5.86. The molecule has 0 aliphatic carbocycles. The third-order valence-electron chi connectivity index (χ3n) is 4.05. The van der Waals surface area contributed by atoms with E-state index in [-0.39, 0.29) is 5.91 Å². The number of carbonyl (C=O) groups excluding carboxylic acids is 1. The third kappa shape index (κ3) is 3.92. The molecule has 0 atom stereocenters. The van der Waals surface area contributed by atoms with E-state index in [1.54, 1.807) is 11.0 Å². The van der Waals surface area contributed by atoms with Gasteiger partial charge in [-0.3, -0.25) is 4.79 Å². The molecular formula is C20H19ClN2O. The van der Waals surface area contributed by atoms with Crippen LogP contribution in [0.25, 0.3) is 10.9 Å². The predicted octanol–water partition coefficient (Wildman–Crippen LogP) is 4.59. The SMILES string of the molecule is CN(CCCc1ccccc1)C(=O)c1ccc2nc(Cl)ccc2c1. The van der Waals surface area contributed by atoms with Crippen LogP contribution < -0.4 is 0 Å². The van der Waals surface area contributed by atoms with Crippen molar-refractivity contribution in [2.24, 2.45) is 0 Å². The lowest BCUT2D eigenvalue weighted by atomic mass is 10.1. The summed E-state index contributed by atoms with van der Waals surface area (Å²) in [7, 11) is 1.84. The zero-order chi connectivity index (χ0) is 16.9. The molecule has 122 valence electrons. The maximum absolute atomic E-state index is 12.6. The molecule has 0 N–H and O–H groups in total. The van der Waals surface area contributed by atoms with Crippen LogP contribution in [0.1, 0.15) is 22.3 Å². The summed E-state index contributed by atoms with van der Waals surface area (Å²) >= 11 is 5.89. The molecule has 0 fully saturated rings. The topological polar surface area (TPSA) is 33.2 Å². The fraction of sp³-hybridized carbons (Fsp3) is 0.200. The monoisotopic (exact) mass is 338 g/mol. The van der Waals surface area contributed by atoms with E-state index in [2.05, 4.69) is 17.1 Å². The Labute approximate surface area is 146 Å². The number of benzene rings is 2. The van der Waals surface area contributed by atoms with Crippen molar-refractivity contribution in [2.45, 2.75) is 12.8 Å². The summed E-state index contributed by atoms with van der Waals surface area (Å²) in [5.74, 6) is 0.0277. The zero-order valence-electron chi connectivity index (χ0n) is 13.6. The average Bonchev–Trinajstić information content (AvgIpc) is 2.61.